The Morgan fingerprint density at radius 3 is 1.50 bits per heavy atom. The van der Waals surface area contributed by atoms with E-state index in [4.69, 9.17) is 4.74 Å². The van der Waals surface area contributed by atoms with Gasteiger partial charge in [-0.2, -0.15) is 57.1 Å². The maximum Gasteiger partial charge on any atom is 0.460 e. The van der Waals surface area contributed by atoms with Gasteiger partial charge in [-0.3, -0.25) is 0 Å². The Hall–Kier alpha value is -0.990. The summed E-state index contributed by atoms with van der Waals surface area (Å²) in [6.45, 7) is -0.0627. The quantitative estimate of drug-likeness (QED) is 0.358. The van der Waals surface area contributed by atoms with Gasteiger partial charge in [-0.1, -0.05) is 6.92 Å². The zero-order valence-electron chi connectivity index (χ0n) is 13.8. The molecule has 0 unspecified atom stereocenters. The van der Waals surface area contributed by atoms with Crippen molar-refractivity contribution in [2.45, 2.75) is 49.1 Å². The van der Waals surface area contributed by atoms with Crippen molar-refractivity contribution >= 4 is 0 Å². The first-order valence-corrected chi connectivity index (χ1v) is 7.28. The average Bonchev–Trinajstić information content (AvgIpc) is 2.47. The molecule has 2 nitrogen and oxygen atoms in total. The van der Waals surface area contributed by atoms with Gasteiger partial charge in [0, 0.05) is 11.8 Å². The van der Waals surface area contributed by atoms with Crippen molar-refractivity contribution < 1.29 is 66.5 Å². The monoisotopic (exact) mass is 448 g/mol. The zero-order chi connectivity index (χ0) is 22.4. The molecule has 1 aliphatic rings. The lowest BCUT2D eigenvalue weighted by Crippen LogP contribution is -2.70. The van der Waals surface area contributed by atoms with Gasteiger partial charge in [0.25, 0.3) is 0 Å². The van der Waals surface area contributed by atoms with Crippen LogP contribution in [-0.4, -0.2) is 62.2 Å². The minimum atomic E-state index is -7.87. The normalized spacial score (nSPS) is 19.5. The van der Waals surface area contributed by atoms with Gasteiger partial charge in [0.15, 0.2) is 0 Å². The van der Waals surface area contributed by atoms with E-state index in [1.807, 2.05) is 0 Å². The highest BCUT2D eigenvalue weighted by atomic mass is 19.4. The Kier molecular flexibility index (Phi) is 6.31. The van der Waals surface area contributed by atoms with Gasteiger partial charge in [-0.25, -0.2) is 0 Å². The molecule has 0 saturated carbocycles. The van der Waals surface area contributed by atoms with Crippen LogP contribution in [-0.2, 0) is 9.47 Å². The Balaban J connectivity index is 2.98. The lowest BCUT2D eigenvalue weighted by atomic mass is 9.90. The van der Waals surface area contributed by atoms with Crippen molar-refractivity contribution in [3.8, 4) is 0 Å². The first kappa shape index (κ1) is 25.0. The first-order chi connectivity index (χ1) is 12.2. The van der Waals surface area contributed by atoms with Crippen LogP contribution in [0, 0.1) is 5.41 Å². The minimum absolute atomic E-state index is 0.0936. The minimum Gasteiger partial charge on any atom is -0.380 e. The van der Waals surface area contributed by atoms with Crippen molar-refractivity contribution in [1.82, 2.24) is 0 Å². The summed E-state index contributed by atoms with van der Waals surface area (Å²) in [6.07, 6.45) is -9.76. The molecule has 1 rings (SSSR count). The Labute approximate surface area is 148 Å². The highest BCUT2D eigenvalue weighted by Crippen LogP contribution is 2.60. The second-order valence-corrected chi connectivity index (χ2v) is 6.61. The van der Waals surface area contributed by atoms with Crippen LogP contribution in [0.15, 0.2) is 0 Å². The van der Waals surface area contributed by atoms with Crippen LogP contribution in [0.1, 0.15) is 13.3 Å². The summed E-state index contributed by atoms with van der Waals surface area (Å²) in [4.78, 5) is 0. The summed E-state index contributed by atoms with van der Waals surface area (Å²) in [5.41, 5.74) is -0.691. The number of halogens is 13. The molecule has 0 radical (unpaired) electrons. The molecule has 0 bridgehead atoms. The fourth-order valence-corrected chi connectivity index (χ4v) is 2.01. The van der Waals surface area contributed by atoms with E-state index in [0.717, 1.165) is 0 Å². The van der Waals surface area contributed by atoms with Gasteiger partial charge in [-0.15, -0.1) is 0 Å². The molecule has 0 aromatic heterocycles. The summed E-state index contributed by atoms with van der Waals surface area (Å²) in [6, 6.07) is 0. The van der Waals surface area contributed by atoms with Crippen LogP contribution >= 0.6 is 0 Å². The molecule has 1 heterocycles. The van der Waals surface area contributed by atoms with E-state index in [1.54, 1.807) is 0 Å². The molecule has 168 valence electrons. The van der Waals surface area contributed by atoms with E-state index in [9.17, 15) is 57.1 Å². The van der Waals surface area contributed by atoms with Gasteiger partial charge in [0.05, 0.1) is 26.4 Å². The van der Waals surface area contributed by atoms with Gasteiger partial charge >= 0.3 is 35.8 Å². The van der Waals surface area contributed by atoms with Gasteiger partial charge < -0.3 is 9.47 Å². The highest BCUT2D eigenvalue weighted by molar-refractivity contribution is 5.10. The van der Waals surface area contributed by atoms with E-state index in [2.05, 4.69) is 4.74 Å². The van der Waals surface area contributed by atoms with E-state index in [-0.39, 0.29) is 19.8 Å². The van der Waals surface area contributed by atoms with Crippen molar-refractivity contribution in [1.29, 1.82) is 0 Å². The van der Waals surface area contributed by atoms with Crippen LogP contribution in [0.3, 0.4) is 0 Å². The van der Waals surface area contributed by atoms with Gasteiger partial charge in [0.1, 0.15) is 0 Å². The molecule has 0 spiro atoms. The molecule has 0 amide bonds. The maximum absolute atomic E-state index is 13.4. The number of ether oxygens (including phenoxy) is 2. The Morgan fingerprint density at radius 2 is 1.14 bits per heavy atom. The third kappa shape index (κ3) is 3.87. The highest BCUT2D eigenvalue weighted by Gasteiger charge is 2.90. The van der Waals surface area contributed by atoms with Crippen LogP contribution < -0.4 is 0 Å². The third-order valence-electron chi connectivity index (χ3n) is 3.91. The predicted octanol–water partition coefficient (Wildman–Crippen LogP) is 5.17. The molecular weight excluding hydrogens is 435 g/mol. The third-order valence-corrected chi connectivity index (χ3v) is 3.91. The summed E-state index contributed by atoms with van der Waals surface area (Å²) < 4.78 is 176. The first-order valence-electron chi connectivity index (χ1n) is 7.28. The molecule has 0 aromatic rings. The average molecular weight is 448 g/mol. The molecule has 1 fully saturated rings. The van der Waals surface area contributed by atoms with E-state index in [1.165, 1.54) is 6.92 Å². The zero-order valence-corrected chi connectivity index (χ0v) is 13.8. The van der Waals surface area contributed by atoms with Crippen LogP contribution in [0.4, 0.5) is 57.1 Å². The summed E-state index contributed by atoms with van der Waals surface area (Å²) in [7, 11) is 0. The van der Waals surface area contributed by atoms with E-state index >= 15 is 0 Å². The summed E-state index contributed by atoms with van der Waals surface area (Å²) in [5.74, 6) is -36.7. The van der Waals surface area contributed by atoms with Crippen LogP contribution in [0.25, 0.3) is 0 Å². The number of alkyl halides is 13. The summed E-state index contributed by atoms with van der Waals surface area (Å²) >= 11 is 0. The fourth-order valence-electron chi connectivity index (χ4n) is 2.01. The molecular formula is C13H13F13O2. The molecule has 1 saturated heterocycles. The molecule has 0 aromatic carbocycles. The largest absolute Gasteiger partial charge is 0.460 e. The molecule has 1 aliphatic heterocycles. The SMILES string of the molecule is CC1(COCCC(F)(F)C(F)(F)C(F)(F)C(F)(F)C(F)(F)C(F)(F)F)COC1. The van der Waals surface area contributed by atoms with E-state index < -0.39 is 54.2 Å². The topological polar surface area (TPSA) is 18.5 Å². The predicted molar refractivity (Wildman–Crippen MR) is 65.2 cm³/mol. The number of hydrogen-bond acceptors (Lipinski definition) is 2. The maximum atomic E-state index is 13.4. The van der Waals surface area contributed by atoms with Crippen molar-refractivity contribution in [3.05, 3.63) is 0 Å². The van der Waals surface area contributed by atoms with Crippen LogP contribution in [0.5, 0.6) is 0 Å². The van der Waals surface area contributed by atoms with Crippen molar-refractivity contribution in [3.63, 3.8) is 0 Å². The molecule has 15 heteroatoms. The van der Waals surface area contributed by atoms with Gasteiger partial charge in [0.2, 0.25) is 0 Å². The second-order valence-electron chi connectivity index (χ2n) is 6.61. The molecule has 28 heavy (non-hydrogen) atoms. The smallest absolute Gasteiger partial charge is 0.380 e. The lowest BCUT2D eigenvalue weighted by molar-refractivity contribution is -0.440. The number of hydrogen-bond donors (Lipinski definition) is 0. The number of rotatable bonds is 9. The van der Waals surface area contributed by atoms with Gasteiger partial charge in [-0.05, 0) is 0 Å². The fraction of sp³-hybridized carbons (Fsp3) is 1.00. The Bertz CT molecular complexity index is 551. The molecule has 0 aliphatic carbocycles. The van der Waals surface area contributed by atoms with E-state index in [0.29, 0.717) is 0 Å². The molecule has 0 atom stereocenters. The Morgan fingerprint density at radius 1 is 0.714 bits per heavy atom. The summed E-state index contributed by atoms with van der Waals surface area (Å²) in [5, 5.41) is 0. The van der Waals surface area contributed by atoms with Crippen molar-refractivity contribution in [2.75, 3.05) is 26.4 Å². The lowest BCUT2D eigenvalue weighted by Gasteiger charge is -2.40. The second kappa shape index (κ2) is 7.06. The van der Waals surface area contributed by atoms with Crippen molar-refractivity contribution in [2.24, 2.45) is 5.41 Å². The molecule has 0 N–H and O–H groups in total. The van der Waals surface area contributed by atoms with Crippen LogP contribution in [0.2, 0.25) is 0 Å². The standard InChI is InChI=1S/C13H13F13O2/c1-7(5-28-6-7)4-27-3-2-8(14,15)9(16,17)10(18,19)11(20,21)12(22,23)13(24,25)26/h2-6H2,1H3.